The number of ether oxygens (including phenoxy) is 2. The van der Waals surface area contributed by atoms with E-state index in [1.165, 1.54) is 0 Å². The van der Waals surface area contributed by atoms with Crippen molar-refractivity contribution in [3.05, 3.63) is 64.1 Å². The summed E-state index contributed by atoms with van der Waals surface area (Å²) >= 11 is 12.6. The summed E-state index contributed by atoms with van der Waals surface area (Å²) in [6, 6.07) is 14.6. The number of para-hydroxylation sites is 1. The molecule has 2 heterocycles. The SMILES string of the molecule is O=C(C[C@]1(COc2ccccc2)CCCN(C(=O)c2c(Cl)cccc2Cl)C1)N1CCOCC1. The summed E-state index contributed by atoms with van der Waals surface area (Å²) in [5, 5.41) is 0.655. The second-order valence-electron chi connectivity index (χ2n) is 8.70. The molecule has 8 heteroatoms. The summed E-state index contributed by atoms with van der Waals surface area (Å²) in [4.78, 5) is 30.2. The Balaban J connectivity index is 1.56. The van der Waals surface area contributed by atoms with Gasteiger partial charge in [-0.1, -0.05) is 47.5 Å². The second-order valence-corrected chi connectivity index (χ2v) is 9.51. The molecule has 0 aromatic heterocycles. The van der Waals surface area contributed by atoms with Crippen LogP contribution >= 0.6 is 23.2 Å². The Labute approximate surface area is 204 Å². The van der Waals surface area contributed by atoms with Gasteiger partial charge in [0, 0.05) is 38.0 Å². The molecule has 6 nitrogen and oxygen atoms in total. The van der Waals surface area contributed by atoms with Crippen molar-refractivity contribution >= 4 is 35.0 Å². The van der Waals surface area contributed by atoms with Gasteiger partial charge in [0.1, 0.15) is 5.75 Å². The molecule has 4 rings (SSSR count). The quantitative estimate of drug-likeness (QED) is 0.596. The van der Waals surface area contributed by atoms with Gasteiger partial charge in [0.15, 0.2) is 0 Å². The maximum atomic E-state index is 13.4. The van der Waals surface area contributed by atoms with Crippen molar-refractivity contribution in [3.63, 3.8) is 0 Å². The van der Waals surface area contributed by atoms with Crippen LogP contribution in [0.15, 0.2) is 48.5 Å². The van der Waals surface area contributed by atoms with Crippen LogP contribution in [0.2, 0.25) is 10.0 Å². The van der Waals surface area contributed by atoms with Crippen LogP contribution < -0.4 is 4.74 Å². The summed E-state index contributed by atoms with van der Waals surface area (Å²) < 4.78 is 11.5. The summed E-state index contributed by atoms with van der Waals surface area (Å²) in [6.45, 7) is 3.60. The van der Waals surface area contributed by atoms with Crippen LogP contribution in [-0.2, 0) is 9.53 Å². The topological polar surface area (TPSA) is 59.1 Å². The molecule has 2 aromatic rings. The zero-order chi connectivity index (χ0) is 23.3. The van der Waals surface area contributed by atoms with Crippen molar-refractivity contribution in [1.82, 2.24) is 9.80 Å². The third-order valence-electron chi connectivity index (χ3n) is 6.30. The Morgan fingerprint density at radius 3 is 2.33 bits per heavy atom. The van der Waals surface area contributed by atoms with Crippen LogP contribution in [0.4, 0.5) is 0 Å². The molecule has 2 fully saturated rings. The van der Waals surface area contributed by atoms with Gasteiger partial charge in [-0.15, -0.1) is 0 Å². The van der Waals surface area contributed by atoms with E-state index in [0.29, 0.717) is 68.0 Å². The molecule has 0 bridgehead atoms. The average molecular weight is 491 g/mol. The van der Waals surface area contributed by atoms with E-state index >= 15 is 0 Å². The Hall–Kier alpha value is -2.28. The monoisotopic (exact) mass is 490 g/mol. The highest BCUT2D eigenvalue weighted by molar-refractivity contribution is 6.39. The maximum absolute atomic E-state index is 13.4. The fraction of sp³-hybridized carbons (Fsp3) is 0.440. The highest BCUT2D eigenvalue weighted by atomic mass is 35.5. The third-order valence-corrected chi connectivity index (χ3v) is 6.93. The van der Waals surface area contributed by atoms with Gasteiger partial charge in [0.2, 0.25) is 5.91 Å². The van der Waals surface area contributed by atoms with E-state index < -0.39 is 5.41 Å². The number of benzene rings is 2. The van der Waals surface area contributed by atoms with Crippen molar-refractivity contribution in [2.75, 3.05) is 46.0 Å². The number of hydrogen-bond donors (Lipinski definition) is 0. The number of halogens is 2. The molecule has 0 spiro atoms. The molecule has 0 saturated carbocycles. The van der Waals surface area contributed by atoms with E-state index in [4.69, 9.17) is 32.7 Å². The van der Waals surface area contributed by atoms with Crippen molar-refractivity contribution in [2.24, 2.45) is 5.41 Å². The van der Waals surface area contributed by atoms with Gasteiger partial charge < -0.3 is 19.3 Å². The van der Waals surface area contributed by atoms with Crippen LogP contribution in [0.3, 0.4) is 0 Å². The molecule has 176 valence electrons. The minimum absolute atomic E-state index is 0.0695. The van der Waals surface area contributed by atoms with Gasteiger partial charge in [-0.05, 0) is 37.1 Å². The van der Waals surface area contributed by atoms with Crippen molar-refractivity contribution in [1.29, 1.82) is 0 Å². The molecular weight excluding hydrogens is 463 g/mol. The minimum atomic E-state index is -0.507. The number of likely N-dealkylation sites (tertiary alicyclic amines) is 1. The largest absolute Gasteiger partial charge is 0.493 e. The number of morpholine rings is 1. The standard InChI is InChI=1S/C25H28Cl2N2O4/c26-20-8-4-9-21(27)23(20)24(31)29-11-5-10-25(17-29,18-33-19-6-2-1-3-7-19)16-22(30)28-12-14-32-15-13-28/h1-4,6-9H,5,10-18H2/t25-/m1/s1. The van der Waals surface area contributed by atoms with Crippen molar-refractivity contribution in [2.45, 2.75) is 19.3 Å². The molecule has 2 aliphatic heterocycles. The molecular formula is C25H28Cl2N2O4. The number of rotatable bonds is 6. The first-order valence-corrected chi connectivity index (χ1v) is 12.0. The second kappa shape index (κ2) is 10.8. The lowest BCUT2D eigenvalue weighted by atomic mass is 9.77. The molecule has 2 amide bonds. The first kappa shape index (κ1) is 23.9. The van der Waals surface area contributed by atoms with Gasteiger partial charge in [-0.3, -0.25) is 9.59 Å². The minimum Gasteiger partial charge on any atom is -0.493 e. The fourth-order valence-corrected chi connectivity index (χ4v) is 5.11. The lowest BCUT2D eigenvalue weighted by Crippen LogP contribution is -2.52. The predicted octanol–water partition coefficient (Wildman–Crippen LogP) is 4.54. The number of nitrogens with zero attached hydrogens (tertiary/aromatic N) is 2. The van der Waals surface area contributed by atoms with E-state index in [-0.39, 0.29) is 11.8 Å². The smallest absolute Gasteiger partial charge is 0.256 e. The lowest BCUT2D eigenvalue weighted by Gasteiger charge is -2.43. The van der Waals surface area contributed by atoms with Crippen LogP contribution in [0.25, 0.3) is 0 Å². The van der Waals surface area contributed by atoms with Crippen LogP contribution in [0, 0.1) is 5.41 Å². The normalized spacial score (nSPS) is 21.0. The molecule has 1 atom stereocenters. The van der Waals surface area contributed by atoms with Gasteiger partial charge in [-0.2, -0.15) is 0 Å². The first-order valence-electron chi connectivity index (χ1n) is 11.2. The Morgan fingerprint density at radius 2 is 1.64 bits per heavy atom. The molecule has 0 N–H and O–H groups in total. The van der Waals surface area contributed by atoms with Crippen LogP contribution in [-0.4, -0.2) is 67.6 Å². The van der Waals surface area contributed by atoms with Gasteiger partial charge in [0.25, 0.3) is 5.91 Å². The number of piperidine rings is 1. The Morgan fingerprint density at radius 1 is 0.939 bits per heavy atom. The number of carbonyl (C=O) groups is 2. The maximum Gasteiger partial charge on any atom is 0.256 e. The molecule has 2 aromatic carbocycles. The lowest BCUT2D eigenvalue weighted by molar-refractivity contribution is -0.139. The molecule has 33 heavy (non-hydrogen) atoms. The molecule has 0 radical (unpaired) electrons. The summed E-state index contributed by atoms with van der Waals surface area (Å²) in [7, 11) is 0. The van der Waals surface area contributed by atoms with Gasteiger partial charge in [-0.25, -0.2) is 0 Å². The summed E-state index contributed by atoms with van der Waals surface area (Å²) in [6.07, 6.45) is 1.86. The highest BCUT2D eigenvalue weighted by Gasteiger charge is 2.41. The van der Waals surface area contributed by atoms with E-state index in [1.54, 1.807) is 23.1 Å². The van der Waals surface area contributed by atoms with Crippen LogP contribution in [0.1, 0.15) is 29.6 Å². The van der Waals surface area contributed by atoms with E-state index in [1.807, 2.05) is 35.2 Å². The van der Waals surface area contributed by atoms with E-state index in [2.05, 4.69) is 0 Å². The molecule has 2 saturated heterocycles. The highest BCUT2D eigenvalue weighted by Crippen LogP contribution is 2.37. The summed E-state index contributed by atoms with van der Waals surface area (Å²) in [5.74, 6) is 0.599. The molecule has 0 unspecified atom stereocenters. The zero-order valence-electron chi connectivity index (χ0n) is 18.5. The molecule has 2 aliphatic rings. The van der Waals surface area contributed by atoms with E-state index in [0.717, 1.165) is 18.6 Å². The summed E-state index contributed by atoms with van der Waals surface area (Å²) in [5.41, 5.74) is -0.201. The first-order chi connectivity index (χ1) is 16.0. The third kappa shape index (κ3) is 5.81. The molecule has 0 aliphatic carbocycles. The number of amides is 2. The Kier molecular flexibility index (Phi) is 7.78. The van der Waals surface area contributed by atoms with Gasteiger partial charge in [0.05, 0.1) is 35.4 Å². The Bertz CT molecular complexity index is 961. The number of hydrogen-bond acceptors (Lipinski definition) is 4. The number of carbonyl (C=O) groups excluding carboxylic acids is 2. The average Bonchev–Trinajstić information content (AvgIpc) is 2.84. The van der Waals surface area contributed by atoms with Crippen LogP contribution in [0.5, 0.6) is 5.75 Å². The van der Waals surface area contributed by atoms with Crippen molar-refractivity contribution < 1.29 is 19.1 Å². The van der Waals surface area contributed by atoms with E-state index in [9.17, 15) is 9.59 Å². The zero-order valence-corrected chi connectivity index (χ0v) is 20.0. The van der Waals surface area contributed by atoms with Crippen molar-refractivity contribution in [3.8, 4) is 5.75 Å². The fourth-order valence-electron chi connectivity index (χ4n) is 4.55. The van der Waals surface area contributed by atoms with Gasteiger partial charge >= 0.3 is 0 Å². The predicted molar refractivity (Wildman–Crippen MR) is 128 cm³/mol.